The van der Waals surface area contributed by atoms with E-state index >= 15 is 0 Å². The first-order chi connectivity index (χ1) is 7.79. The van der Waals surface area contributed by atoms with Crippen LogP contribution in [0.2, 0.25) is 0 Å². The quantitative estimate of drug-likeness (QED) is 0.756. The van der Waals surface area contributed by atoms with Gasteiger partial charge in [0.2, 0.25) is 0 Å². The zero-order valence-corrected chi connectivity index (χ0v) is 9.10. The van der Waals surface area contributed by atoms with Crippen molar-refractivity contribution < 1.29 is 14.3 Å². The Morgan fingerprint density at radius 2 is 2.38 bits per heavy atom. The van der Waals surface area contributed by atoms with Crippen LogP contribution in [0.4, 0.5) is 0 Å². The molecule has 1 aliphatic heterocycles. The van der Waals surface area contributed by atoms with Crippen LogP contribution < -0.4 is 10.1 Å². The second kappa shape index (κ2) is 4.94. The second-order valence-electron chi connectivity index (χ2n) is 3.50. The Bertz CT molecular complexity index is 360. The van der Waals surface area contributed by atoms with Gasteiger partial charge in [-0.1, -0.05) is 0 Å². The van der Waals surface area contributed by atoms with Crippen LogP contribution in [0, 0.1) is 0 Å². The van der Waals surface area contributed by atoms with Gasteiger partial charge in [0.25, 0.3) is 0 Å². The standard InChI is InChI=1S/C11H14N2O3/c1-2-15-11(14)10-4-3-8(7-13-10)16-9-5-12-6-9/h3-4,7,9,12H,2,5-6H2,1H3. The van der Waals surface area contributed by atoms with Gasteiger partial charge in [-0.05, 0) is 19.1 Å². The van der Waals surface area contributed by atoms with Crippen LogP contribution in [-0.4, -0.2) is 36.8 Å². The maximum atomic E-state index is 11.3. The molecule has 0 atom stereocenters. The lowest BCUT2D eigenvalue weighted by Crippen LogP contribution is -2.50. The van der Waals surface area contributed by atoms with Gasteiger partial charge in [0.1, 0.15) is 17.5 Å². The van der Waals surface area contributed by atoms with Crippen molar-refractivity contribution in [2.24, 2.45) is 0 Å². The Labute approximate surface area is 93.8 Å². The number of nitrogens with one attached hydrogen (secondary N) is 1. The van der Waals surface area contributed by atoms with Gasteiger partial charge in [-0.15, -0.1) is 0 Å². The molecule has 0 saturated carbocycles. The summed E-state index contributed by atoms with van der Waals surface area (Å²) in [6, 6.07) is 3.34. The monoisotopic (exact) mass is 222 g/mol. The average molecular weight is 222 g/mol. The van der Waals surface area contributed by atoms with E-state index in [1.54, 1.807) is 25.3 Å². The molecule has 0 radical (unpaired) electrons. The van der Waals surface area contributed by atoms with Crippen LogP contribution in [0.3, 0.4) is 0 Å². The third-order valence-electron chi connectivity index (χ3n) is 2.27. The molecule has 16 heavy (non-hydrogen) atoms. The van der Waals surface area contributed by atoms with E-state index in [1.807, 2.05) is 0 Å². The van der Waals surface area contributed by atoms with Crippen molar-refractivity contribution in [3.63, 3.8) is 0 Å². The number of carbonyl (C=O) groups excluding carboxylic acids is 1. The first-order valence-electron chi connectivity index (χ1n) is 5.30. The number of pyridine rings is 1. The second-order valence-corrected chi connectivity index (χ2v) is 3.50. The minimum Gasteiger partial charge on any atom is -0.486 e. The summed E-state index contributed by atoms with van der Waals surface area (Å²) in [7, 11) is 0. The largest absolute Gasteiger partial charge is 0.486 e. The van der Waals surface area contributed by atoms with E-state index < -0.39 is 5.97 Å². The number of aromatic nitrogens is 1. The zero-order valence-electron chi connectivity index (χ0n) is 9.10. The van der Waals surface area contributed by atoms with Crippen molar-refractivity contribution in [2.75, 3.05) is 19.7 Å². The lowest BCUT2D eigenvalue weighted by molar-refractivity contribution is 0.0519. The molecule has 5 nitrogen and oxygen atoms in total. The molecule has 0 aliphatic carbocycles. The van der Waals surface area contributed by atoms with Crippen molar-refractivity contribution in [3.05, 3.63) is 24.0 Å². The van der Waals surface area contributed by atoms with Gasteiger partial charge < -0.3 is 14.8 Å². The van der Waals surface area contributed by atoms with Gasteiger partial charge in [-0.3, -0.25) is 0 Å². The van der Waals surface area contributed by atoms with Gasteiger partial charge in [0.05, 0.1) is 12.8 Å². The van der Waals surface area contributed by atoms with E-state index in [4.69, 9.17) is 9.47 Å². The number of hydrogen-bond acceptors (Lipinski definition) is 5. The van der Waals surface area contributed by atoms with E-state index in [-0.39, 0.29) is 6.10 Å². The maximum Gasteiger partial charge on any atom is 0.356 e. The topological polar surface area (TPSA) is 60.5 Å². The van der Waals surface area contributed by atoms with Crippen molar-refractivity contribution in [1.82, 2.24) is 10.3 Å². The molecule has 86 valence electrons. The predicted molar refractivity (Wildman–Crippen MR) is 57.5 cm³/mol. The van der Waals surface area contributed by atoms with E-state index in [2.05, 4.69) is 10.3 Å². The molecular formula is C11H14N2O3. The van der Waals surface area contributed by atoms with Gasteiger partial charge in [-0.2, -0.15) is 0 Å². The maximum absolute atomic E-state index is 11.3. The minimum absolute atomic E-state index is 0.218. The Morgan fingerprint density at radius 1 is 1.56 bits per heavy atom. The molecule has 1 saturated heterocycles. The summed E-state index contributed by atoms with van der Waals surface area (Å²) in [6.45, 7) is 3.84. The molecule has 0 amide bonds. The van der Waals surface area contributed by atoms with Gasteiger partial charge >= 0.3 is 5.97 Å². The van der Waals surface area contributed by atoms with Gasteiger partial charge in [0, 0.05) is 13.1 Å². The van der Waals surface area contributed by atoms with E-state index in [9.17, 15) is 4.79 Å². The first-order valence-corrected chi connectivity index (χ1v) is 5.30. The fourth-order valence-corrected chi connectivity index (χ4v) is 1.31. The summed E-state index contributed by atoms with van der Waals surface area (Å²) in [4.78, 5) is 15.3. The Kier molecular flexibility index (Phi) is 3.36. The number of carbonyl (C=O) groups is 1. The van der Waals surface area contributed by atoms with E-state index in [0.29, 0.717) is 18.1 Å². The summed E-state index contributed by atoms with van der Waals surface area (Å²) in [5, 5.41) is 3.11. The van der Waals surface area contributed by atoms with Crippen LogP contribution >= 0.6 is 0 Å². The molecule has 1 aliphatic rings. The molecule has 1 fully saturated rings. The summed E-state index contributed by atoms with van der Waals surface area (Å²) in [5.41, 5.74) is 0.306. The van der Waals surface area contributed by atoms with Crippen LogP contribution in [0.15, 0.2) is 18.3 Å². The number of hydrogen-bond donors (Lipinski definition) is 1. The lowest BCUT2D eigenvalue weighted by Gasteiger charge is -2.27. The fourth-order valence-electron chi connectivity index (χ4n) is 1.31. The van der Waals surface area contributed by atoms with Crippen LogP contribution in [-0.2, 0) is 4.74 Å². The van der Waals surface area contributed by atoms with Crippen LogP contribution in [0.1, 0.15) is 17.4 Å². The number of ether oxygens (including phenoxy) is 2. The van der Waals surface area contributed by atoms with Crippen LogP contribution in [0.5, 0.6) is 5.75 Å². The normalized spacial score (nSPS) is 15.3. The highest BCUT2D eigenvalue weighted by atomic mass is 16.5. The molecule has 5 heteroatoms. The molecule has 0 spiro atoms. The minimum atomic E-state index is -0.403. The molecule has 1 aromatic rings. The van der Waals surface area contributed by atoms with Crippen molar-refractivity contribution in [3.8, 4) is 5.75 Å². The van der Waals surface area contributed by atoms with Gasteiger partial charge in [-0.25, -0.2) is 9.78 Å². The highest BCUT2D eigenvalue weighted by Gasteiger charge is 2.18. The summed E-state index contributed by atoms with van der Waals surface area (Å²) in [6.07, 6.45) is 1.76. The summed E-state index contributed by atoms with van der Waals surface area (Å²) >= 11 is 0. The molecule has 2 heterocycles. The number of nitrogens with zero attached hydrogens (tertiary/aromatic N) is 1. The number of esters is 1. The van der Waals surface area contributed by atoms with E-state index in [1.165, 1.54) is 0 Å². The molecule has 2 rings (SSSR count). The number of rotatable bonds is 4. The summed E-state index contributed by atoms with van der Waals surface area (Å²) in [5.74, 6) is 0.277. The third kappa shape index (κ3) is 2.49. The van der Waals surface area contributed by atoms with Crippen molar-refractivity contribution in [1.29, 1.82) is 0 Å². The fraction of sp³-hybridized carbons (Fsp3) is 0.455. The molecule has 0 unspecified atom stereocenters. The first kappa shape index (κ1) is 10.9. The van der Waals surface area contributed by atoms with Crippen molar-refractivity contribution >= 4 is 5.97 Å². The molecule has 1 aromatic heterocycles. The third-order valence-corrected chi connectivity index (χ3v) is 2.27. The Balaban J connectivity index is 1.95. The smallest absolute Gasteiger partial charge is 0.356 e. The van der Waals surface area contributed by atoms with Gasteiger partial charge in [0.15, 0.2) is 0 Å². The highest BCUT2D eigenvalue weighted by molar-refractivity contribution is 5.87. The Morgan fingerprint density at radius 3 is 2.88 bits per heavy atom. The molecule has 0 aromatic carbocycles. The van der Waals surface area contributed by atoms with E-state index in [0.717, 1.165) is 13.1 Å². The zero-order chi connectivity index (χ0) is 11.4. The predicted octanol–water partition coefficient (Wildman–Crippen LogP) is 0.609. The Hall–Kier alpha value is -1.62. The summed E-state index contributed by atoms with van der Waals surface area (Å²) < 4.78 is 10.4. The average Bonchev–Trinajstić information content (AvgIpc) is 2.25. The lowest BCUT2D eigenvalue weighted by atomic mass is 10.2. The highest BCUT2D eigenvalue weighted by Crippen LogP contribution is 2.13. The molecule has 0 bridgehead atoms. The SMILES string of the molecule is CCOC(=O)c1ccc(OC2CNC2)cn1. The van der Waals surface area contributed by atoms with Crippen molar-refractivity contribution in [2.45, 2.75) is 13.0 Å². The molecule has 1 N–H and O–H groups in total. The molecular weight excluding hydrogens is 208 g/mol. The van der Waals surface area contributed by atoms with Crippen LogP contribution in [0.25, 0.3) is 0 Å².